The Kier molecular flexibility index (Phi) is 28.5. The third-order valence-corrected chi connectivity index (χ3v) is 13.8. The topological polar surface area (TPSA) is 426 Å². The average molecular weight is 1090 g/mol. The molecule has 0 spiro atoms. The SMILES string of the molecule is CC(=O)N[C@@H](Cc1cnc[nH]1)C(=O)N[C@@H](CCCCN)C(=O)N[C@@H](CC(=O)O)C(=O)N[C@@H](CC1CCCCC1)C(=O)N[C@@H](CC1CCCCC1)C(=O)N[C@@H](CC(C)C)C(=O)N[C@H](C)C(=O)N[C@@H](CCCN=C(N)N)C(=O)O. The van der Waals surface area contributed by atoms with Crippen molar-refractivity contribution in [3.8, 4) is 0 Å². The van der Waals surface area contributed by atoms with E-state index in [1.807, 2.05) is 13.8 Å². The number of nitrogens with one attached hydrogen (secondary N) is 9. The van der Waals surface area contributed by atoms with E-state index in [-0.39, 0.29) is 81.7 Å². The van der Waals surface area contributed by atoms with Crippen molar-refractivity contribution in [2.45, 2.75) is 204 Å². The first-order valence-electron chi connectivity index (χ1n) is 27.1. The number of guanidine groups is 1. The molecule has 2 aliphatic carbocycles. The smallest absolute Gasteiger partial charge is 0.326 e. The number of H-pyrrole nitrogens is 1. The molecule has 26 nitrogen and oxygen atoms in total. The molecule has 0 aliphatic heterocycles. The molecule has 0 aromatic carbocycles. The Hall–Kier alpha value is -6.86. The fraction of sp³-hybridized carbons (Fsp3) is 0.725. The van der Waals surface area contributed by atoms with Gasteiger partial charge in [0, 0.05) is 31.8 Å². The number of nitrogens with zero attached hydrogens (tertiary/aromatic N) is 2. The first-order chi connectivity index (χ1) is 36.6. The van der Waals surface area contributed by atoms with Crippen molar-refractivity contribution in [1.29, 1.82) is 0 Å². The van der Waals surface area contributed by atoms with E-state index < -0.39 is 114 Å². The Morgan fingerprint density at radius 3 is 1.58 bits per heavy atom. The van der Waals surface area contributed by atoms with Crippen molar-refractivity contribution in [3.63, 3.8) is 0 Å². The van der Waals surface area contributed by atoms with Crippen LogP contribution < -0.4 is 59.7 Å². The van der Waals surface area contributed by atoms with Gasteiger partial charge in [-0.15, -0.1) is 0 Å². The second kappa shape index (κ2) is 34.0. The quantitative estimate of drug-likeness (QED) is 0.0237. The molecule has 0 radical (unpaired) electrons. The highest BCUT2D eigenvalue weighted by molar-refractivity contribution is 5.98. The van der Waals surface area contributed by atoms with E-state index in [9.17, 15) is 58.2 Å². The number of aliphatic imine (C=N–C) groups is 1. The highest BCUT2D eigenvalue weighted by Gasteiger charge is 2.37. The number of amides is 8. The van der Waals surface area contributed by atoms with Gasteiger partial charge in [0.05, 0.1) is 12.7 Å². The number of carboxylic acids is 2. The Labute approximate surface area is 450 Å². The van der Waals surface area contributed by atoms with Gasteiger partial charge in [-0.3, -0.25) is 48.1 Å². The summed E-state index contributed by atoms with van der Waals surface area (Å²) in [4.78, 5) is 145. The van der Waals surface area contributed by atoms with Crippen LogP contribution in [0.15, 0.2) is 17.5 Å². The lowest BCUT2D eigenvalue weighted by Gasteiger charge is -2.31. The average Bonchev–Trinajstić information content (AvgIpc) is 3.89. The van der Waals surface area contributed by atoms with Gasteiger partial charge in [-0.1, -0.05) is 78.1 Å². The fourth-order valence-corrected chi connectivity index (χ4v) is 9.69. The van der Waals surface area contributed by atoms with Crippen LogP contribution in [0.2, 0.25) is 0 Å². The molecule has 0 unspecified atom stereocenters. The highest BCUT2D eigenvalue weighted by Crippen LogP contribution is 2.29. The zero-order valence-corrected chi connectivity index (χ0v) is 45.2. The maximum absolute atomic E-state index is 14.7. The summed E-state index contributed by atoms with van der Waals surface area (Å²) in [7, 11) is 0. The number of hydrogen-bond donors (Lipinski definition) is 14. The number of carbonyl (C=O) groups excluding carboxylic acids is 8. The van der Waals surface area contributed by atoms with Gasteiger partial charge in [0.15, 0.2) is 5.96 Å². The Morgan fingerprint density at radius 1 is 0.610 bits per heavy atom. The van der Waals surface area contributed by atoms with Gasteiger partial charge in [-0.2, -0.15) is 0 Å². The summed E-state index contributed by atoms with van der Waals surface area (Å²) in [5.74, 6) is -9.18. The third-order valence-electron chi connectivity index (χ3n) is 13.8. The molecule has 2 saturated carbocycles. The summed E-state index contributed by atoms with van der Waals surface area (Å²) >= 11 is 0. The second-order valence-electron chi connectivity index (χ2n) is 20.9. The standard InChI is InChI=1S/C51H86N14O12/c1-29(2)22-37(45(71)58-30(3)43(69)61-36(50(76)77)19-13-21-56-51(53)54)62-46(72)38(23-32-14-7-5-8-15-32)63-47(73)39(24-33-16-9-6-10-17-33)64-49(75)41(26-42(67)68)65-44(70)35(18-11-12-20-52)60-48(74)40(59-31(4)66)25-34-27-55-28-57-34/h27-30,32-33,35-41H,5-26,52H2,1-4H3,(H,55,57)(H,58,71)(H,59,66)(H,60,74)(H,61,69)(H,62,72)(H,63,73)(H,64,75)(H,65,70)(H,67,68)(H,76,77)(H4,53,54,56)/t30-,35+,36+,37+,38+,39+,40+,41+/m1/s1. The van der Waals surface area contributed by atoms with E-state index in [1.54, 1.807) is 0 Å². The molecule has 8 amide bonds. The number of hydrogen-bond acceptors (Lipinski definition) is 13. The van der Waals surface area contributed by atoms with Crippen molar-refractivity contribution in [1.82, 2.24) is 52.5 Å². The molecule has 17 N–H and O–H groups in total. The molecule has 3 rings (SSSR count). The first kappa shape index (κ1) is 64.4. The lowest BCUT2D eigenvalue weighted by Crippen LogP contribution is -2.60. The van der Waals surface area contributed by atoms with Crippen molar-refractivity contribution in [3.05, 3.63) is 18.2 Å². The molecular formula is C51H86N14O12. The molecule has 0 saturated heterocycles. The zero-order valence-electron chi connectivity index (χ0n) is 45.2. The number of nitrogens with two attached hydrogens (primary N) is 3. The van der Waals surface area contributed by atoms with Crippen LogP contribution in [0.4, 0.5) is 0 Å². The number of aromatic nitrogens is 2. The molecular weight excluding hydrogens is 1000 g/mol. The van der Waals surface area contributed by atoms with Crippen LogP contribution in [0.3, 0.4) is 0 Å². The molecule has 2 aliphatic rings. The fourth-order valence-electron chi connectivity index (χ4n) is 9.69. The van der Waals surface area contributed by atoms with Crippen molar-refractivity contribution >= 4 is 65.2 Å². The maximum Gasteiger partial charge on any atom is 0.326 e. The summed E-state index contributed by atoms with van der Waals surface area (Å²) in [6.45, 7) is 6.66. The van der Waals surface area contributed by atoms with Gasteiger partial charge in [0.1, 0.15) is 48.3 Å². The summed E-state index contributed by atoms with van der Waals surface area (Å²) in [5, 5.41) is 40.8. The molecule has 26 heteroatoms. The largest absolute Gasteiger partial charge is 0.481 e. The normalized spacial score (nSPS) is 17.1. The number of unbranched alkanes of at least 4 members (excludes halogenated alkanes) is 1. The van der Waals surface area contributed by atoms with Crippen LogP contribution in [-0.4, -0.2) is 147 Å². The number of aromatic amines is 1. The van der Waals surface area contributed by atoms with Crippen molar-refractivity contribution < 1.29 is 58.2 Å². The lowest BCUT2D eigenvalue weighted by molar-refractivity contribution is -0.142. The summed E-state index contributed by atoms with van der Waals surface area (Å²) in [6, 6.07) is -10.4. The van der Waals surface area contributed by atoms with Crippen LogP contribution in [0, 0.1) is 17.8 Å². The van der Waals surface area contributed by atoms with Gasteiger partial charge in [0.25, 0.3) is 0 Å². The van der Waals surface area contributed by atoms with Crippen molar-refractivity contribution in [2.24, 2.45) is 39.9 Å². The van der Waals surface area contributed by atoms with Crippen LogP contribution >= 0.6 is 0 Å². The van der Waals surface area contributed by atoms with Crippen molar-refractivity contribution in [2.75, 3.05) is 13.1 Å². The Bertz CT molecular complexity index is 2130. The van der Waals surface area contributed by atoms with Gasteiger partial charge in [-0.25, -0.2) is 9.78 Å². The van der Waals surface area contributed by atoms with E-state index in [2.05, 4.69) is 57.5 Å². The van der Waals surface area contributed by atoms with E-state index in [0.29, 0.717) is 18.5 Å². The number of carbonyl (C=O) groups is 10. The molecule has 1 aromatic heterocycles. The van der Waals surface area contributed by atoms with E-state index in [0.717, 1.165) is 64.2 Å². The summed E-state index contributed by atoms with van der Waals surface area (Å²) < 4.78 is 0. The van der Waals surface area contributed by atoms with Crippen LogP contribution in [0.1, 0.15) is 155 Å². The summed E-state index contributed by atoms with van der Waals surface area (Å²) in [6.07, 6.45) is 12.1. The molecule has 8 atom stereocenters. The molecule has 432 valence electrons. The number of carboxylic acid groups (broad SMARTS) is 2. The number of imidazole rings is 1. The van der Waals surface area contributed by atoms with E-state index in [1.165, 1.54) is 26.4 Å². The number of aliphatic carboxylic acids is 2. The van der Waals surface area contributed by atoms with Crippen LogP contribution in [0.5, 0.6) is 0 Å². The molecule has 1 heterocycles. The van der Waals surface area contributed by atoms with Gasteiger partial charge in [0.2, 0.25) is 47.3 Å². The minimum absolute atomic E-state index is 0.00131. The van der Waals surface area contributed by atoms with Gasteiger partial charge < -0.3 is 74.9 Å². The minimum Gasteiger partial charge on any atom is -0.481 e. The predicted octanol–water partition coefficient (Wildman–Crippen LogP) is -0.401. The monoisotopic (exact) mass is 1090 g/mol. The van der Waals surface area contributed by atoms with E-state index >= 15 is 0 Å². The summed E-state index contributed by atoms with van der Waals surface area (Å²) in [5.41, 5.74) is 16.9. The second-order valence-corrected chi connectivity index (χ2v) is 20.9. The minimum atomic E-state index is -1.74. The van der Waals surface area contributed by atoms with Crippen LogP contribution in [-0.2, 0) is 54.4 Å². The predicted molar refractivity (Wildman–Crippen MR) is 284 cm³/mol. The Balaban J connectivity index is 1.89. The third kappa shape index (κ3) is 24.8. The molecule has 77 heavy (non-hydrogen) atoms. The maximum atomic E-state index is 14.7. The zero-order chi connectivity index (χ0) is 57.0. The number of rotatable bonds is 34. The molecule has 0 bridgehead atoms. The molecule has 2 fully saturated rings. The van der Waals surface area contributed by atoms with Gasteiger partial charge in [-0.05, 0) is 82.6 Å². The molecule has 1 aromatic rings. The van der Waals surface area contributed by atoms with Crippen LogP contribution in [0.25, 0.3) is 0 Å². The van der Waals surface area contributed by atoms with E-state index in [4.69, 9.17) is 17.2 Å². The van der Waals surface area contributed by atoms with Gasteiger partial charge >= 0.3 is 11.9 Å². The first-order valence-corrected chi connectivity index (χ1v) is 27.1. The Morgan fingerprint density at radius 2 is 1.09 bits per heavy atom. The lowest BCUT2D eigenvalue weighted by atomic mass is 9.83. The highest BCUT2D eigenvalue weighted by atomic mass is 16.4.